The van der Waals surface area contributed by atoms with Crippen molar-refractivity contribution in [3.8, 4) is 0 Å². The average molecular weight is 263 g/mol. The molecule has 19 heavy (non-hydrogen) atoms. The third-order valence-electron chi connectivity index (χ3n) is 3.45. The van der Waals surface area contributed by atoms with Crippen LogP contribution in [0.15, 0.2) is 18.5 Å². The molecule has 1 saturated heterocycles. The molecule has 1 aromatic rings. The first-order valence-corrected chi connectivity index (χ1v) is 6.79. The predicted molar refractivity (Wildman–Crippen MR) is 74.3 cm³/mol. The van der Waals surface area contributed by atoms with Crippen LogP contribution in [0, 0.1) is 0 Å². The van der Waals surface area contributed by atoms with Gasteiger partial charge in [-0.2, -0.15) is 0 Å². The van der Waals surface area contributed by atoms with Gasteiger partial charge in [0.05, 0.1) is 23.6 Å². The van der Waals surface area contributed by atoms with Gasteiger partial charge >= 0.3 is 0 Å². The second-order valence-corrected chi connectivity index (χ2v) is 4.62. The number of ether oxygens (including phenoxy) is 1. The van der Waals surface area contributed by atoms with Crippen molar-refractivity contribution in [2.45, 2.75) is 25.9 Å². The maximum absolute atomic E-state index is 12.5. The van der Waals surface area contributed by atoms with Gasteiger partial charge in [0.2, 0.25) is 0 Å². The molecule has 0 radical (unpaired) electrons. The van der Waals surface area contributed by atoms with E-state index in [0.29, 0.717) is 11.7 Å². The standard InChI is InChI=1S/C14H21N3O2/c1-3-19-11-5-8-17(9-6-11)14(18)12-4-7-16-10-13(12)15-2/h4,7,10-11,15H,3,5-6,8-9H2,1-2H3. The van der Waals surface area contributed by atoms with Crippen LogP contribution >= 0.6 is 0 Å². The molecule has 1 fully saturated rings. The second-order valence-electron chi connectivity index (χ2n) is 4.62. The van der Waals surface area contributed by atoms with Gasteiger partial charge in [0.25, 0.3) is 5.91 Å². The lowest BCUT2D eigenvalue weighted by Gasteiger charge is -2.32. The van der Waals surface area contributed by atoms with E-state index in [1.54, 1.807) is 25.5 Å². The number of hydrogen-bond donors (Lipinski definition) is 1. The van der Waals surface area contributed by atoms with E-state index in [1.807, 2.05) is 11.8 Å². The Morgan fingerprint density at radius 1 is 1.53 bits per heavy atom. The van der Waals surface area contributed by atoms with Crippen LogP contribution in [-0.2, 0) is 4.74 Å². The molecule has 1 aromatic heterocycles. The zero-order valence-electron chi connectivity index (χ0n) is 11.6. The van der Waals surface area contributed by atoms with Crippen molar-refractivity contribution in [1.82, 2.24) is 9.88 Å². The van der Waals surface area contributed by atoms with Gasteiger partial charge in [-0.1, -0.05) is 0 Å². The maximum atomic E-state index is 12.5. The molecule has 2 heterocycles. The highest BCUT2D eigenvalue weighted by Crippen LogP contribution is 2.19. The minimum atomic E-state index is 0.0710. The van der Waals surface area contributed by atoms with Gasteiger partial charge in [-0.05, 0) is 25.8 Å². The Kier molecular flexibility index (Phi) is 4.74. The van der Waals surface area contributed by atoms with Crippen molar-refractivity contribution in [3.05, 3.63) is 24.0 Å². The Balaban J connectivity index is 2.01. The lowest BCUT2D eigenvalue weighted by molar-refractivity contribution is 0.0146. The number of likely N-dealkylation sites (tertiary alicyclic amines) is 1. The number of pyridine rings is 1. The highest BCUT2D eigenvalue weighted by molar-refractivity contribution is 5.99. The summed E-state index contributed by atoms with van der Waals surface area (Å²) in [6.07, 6.45) is 5.47. The molecule has 1 aliphatic rings. The summed E-state index contributed by atoms with van der Waals surface area (Å²) in [5.74, 6) is 0.0710. The molecular weight excluding hydrogens is 242 g/mol. The number of aromatic nitrogens is 1. The van der Waals surface area contributed by atoms with E-state index in [9.17, 15) is 4.79 Å². The van der Waals surface area contributed by atoms with E-state index in [4.69, 9.17) is 4.74 Å². The van der Waals surface area contributed by atoms with Gasteiger partial charge in [-0.15, -0.1) is 0 Å². The van der Waals surface area contributed by atoms with E-state index in [0.717, 1.165) is 38.2 Å². The summed E-state index contributed by atoms with van der Waals surface area (Å²) in [5, 5.41) is 3.01. The Bertz CT molecular complexity index is 428. The molecule has 104 valence electrons. The van der Waals surface area contributed by atoms with Crippen molar-refractivity contribution in [3.63, 3.8) is 0 Å². The molecule has 1 N–H and O–H groups in total. The molecule has 0 unspecified atom stereocenters. The molecule has 0 bridgehead atoms. The van der Waals surface area contributed by atoms with Crippen LogP contribution in [0.25, 0.3) is 0 Å². The van der Waals surface area contributed by atoms with Crippen LogP contribution in [0.2, 0.25) is 0 Å². The van der Waals surface area contributed by atoms with Crippen molar-refractivity contribution >= 4 is 11.6 Å². The van der Waals surface area contributed by atoms with Crippen LogP contribution in [-0.4, -0.2) is 48.6 Å². The van der Waals surface area contributed by atoms with Crippen LogP contribution in [0.3, 0.4) is 0 Å². The van der Waals surface area contributed by atoms with Crippen molar-refractivity contribution in [2.24, 2.45) is 0 Å². The Morgan fingerprint density at radius 3 is 2.89 bits per heavy atom. The number of piperidine rings is 1. The largest absolute Gasteiger partial charge is 0.386 e. The first kappa shape index (κ1) is 13.8. The fourth-order valence-corrected chi connectivity index (χ4v) is 2.41. The van der Waals surface area contributed by atoms with Gasteiger partial charge in [0.15, 0.2) is 0 Å². The highest BCUT2D eigenvalue weighted by atomic mass is 16.5. The summed E-state index contributed by atoms with van der Waals surface area (Å²) in [7, 11) is 1.80. The van der Waals surface area contributed by atoms with E-state index in [2.05, 4.69) is 10.3 Å². The molecular formula is C14H21N3O2. The number of rotatable bonds is 4. The number of carbonyl (C=O) groups excluding carboxylic acids is 1. The van der Waals surface area contributed by atoms with Crippen LogP contribution in [0.5, 0.6) is 0 Å². The molecule has 2 rings (SSSR count). The number of hydrogen-bond acceptors (Lipinski definition) is 4. The normalized spacial score (nSPS) is 16.4. The number of amides is 1. The van der Waals surface area contributed by atoms with Crippen molar-refractivity contribution in [2.75, 3.05) is 32.1 Å². The third kappa shape index (κ3) is 3.23. The van der Waals surface area contributed by atoms with Gasteiger partial charge in [-0.25, -0.2) is 0 Å². The molecule has 1 amide bonds. The summed E-state index contributed by atoms with van der Waals surface area (Å²) in [5.41, 5.74) is 1.46. The number of carbonyl (C=O) groups is 1. The fraction of sp³-hybridized carbons (Fsp3) is 0.571. The Hall–Kier alpha value is -1.62. The fourth-order valence-electron chi connectivity index (χ4n) is 2.41. The summed E-state index contributed by atoms with van der Waals surface area (Å²) in [4.78, 5) is 18.4. The first-order valence-electron chi connectivity index (χ1n) is 6.79. The number of nitrogens with one attached hydrogen (secondary N) is 1. The minimum Gasteiger partial charge on any atom is -0.386 e. The Labute approximate surface area is 114 Å². The number of nitrogens with zero attached hydrogens (tertiary/aromatic N) is 2. The maximum Gasteiger partial charge on any atom is 0.256 e. The van der Waals surface area contributed by atoms with Crippen LogP contribution in [0.4, 0.5) is 5.69 Å². The highest BCUT2D eigenvalue weighted by Gasteiger charge is 2.24. The lowest BCUT2D eigenvalue weighted by atomic mass is 10.1. The summed E-state index contributed by atoms with van der Waals surface area (Å²) in [6.45, 7) is 4.27. The average Bonchev–Trinajstić information content (AvgIpc) is 2.47. The van der Waals surface area contributed by atoms with Gasteiger partial charge in [-0.3, -0.25) is 9.78 Å². The van der Waals surface area contributed by atoms with E-state index in [1.165, 1.54) is 0 Å². The molecule has 0 spiro atoms. The topological polar surface area (TPSA) is 54.5 Å². The Morgan fingerprint density at radius 2 is 2.26 bits per heavy atom. The minimum absolute atomic E-state index is 0.0710. The van der Waals surface area contributed by atoms with Crippen molar-refractivity contribution < 1.29 is 9.53 Å². The number of anilines is 1. The van der Waals surface area contributed by atoms with E-state index < -0.39 is 0 Å². The summed E-state index contributed by atoms with van der Waals surface area (Å²) >= 11 is 0. The van der Waals surface area contributed by atoms with Gasteiger partial charge in [0, 0.05) is 32.9 Å². The van der Waals surface area contributed by atoms with Gasteiger partial charge < -0.3 is 15.0 Å². The first-order chi connectivity index (χ1) is 9.26. The molecule has 1 aliphatic heterocycles. The molecule has 0 aliphatic carbocycles. The zero-order chi connectivity index (χ0) is 13.7. The second kappa shape index (κ2) is 6.52. The quantitative estimate of drug-likeness (QED) is 0.899. The monoisotopic (exact) mass is 263 g/mol. The molecule has 0 atom stereocenters. The van der Waals surface area contributed by atoms with E-state index >= 15 is 0 Å². The zero-order valence-corrected chi connectivity index (χ0v) is 11.6. The molecule has 5 heteroatoms. The summed E-state index contributed by atoms with van der Waals surface area (Å²) < 4.78 is 5.60. The lowest BCUT2D eigenvalue weighted by Crippen LogP contribution is -2.41. The molecule has 5 nitrogen and oxygen atoms in total. The molecule has 0 saturated carbocycles. The predicted octanol–water partition coefficient (Wildman–Crippen LogP) is 1.76. The smallest absolute Gasteiger partial charge is 0.256 e. The molecule has 0 aromatic carbocycles. The van der Waals surface area contributed by atoms with Crippen molar-refractivity contribution in [1.29, 1.82) is 0 Å². The van der Waals surface area contributed by atoms with Crippen LogP contribution in [0.1, 0.15) is 30.1 Å². The summed E-state index contributed by atoms with van der Waals surface area (Å²) in [6, 6.07) is 1.77. The van der Waals surface area contributed by atoms with Gasteiger partial charge in [0.1, 0.15) is 0 Å². The van der Waals surface area contributed by atoms with Crippen LogP contribution < -0.4 is 5.32 Å². The SMILES string of the molecule is CCOC1CCN(C(=O)c2ccncc2NC)CC1. The van der Waals surface area contributed by atoms with E-state index in [-0.39, 0.29) is 5.91 Å². The third-order valence-corrected chi connectivity index (χ3v) is 3.45.